The first kappa shape index (κ1) is 13.9. The molecule has 2 aromatic rings. The van der Waals surface area contributed by atoms with Crippen molar-refractivity contribution in [1.29, 1.82) is 10.5 Å². The summed E-state index contributed by atoms with van der Waals surface area (Å²) < 4.78 is 0. The number of nitrogens with zero attached hydrogens (tertiary/aromatic N) is 2. The summed E-state index contributed by atoms with van der Waals surface area (Å²) in [5.41, 5.74) is 7.81. The van der Waals surface area contributed by atoms with Crippen molar-refractivity contribution in [3.8, 4) is 12.1 Å². The Morgan fingerprint density at radius 2 is 1.81 bits per heavy atom. The van der Waals surface area contributed by atoms with Crippen molar-refractivity contribution in [2.24, 2.45) is 0 Å². The molecule has 0 radical (unpaired) electrons. The molecule has 0 heterocycles. The maximum atomic E-state index is 10.8. The van der Waals surface area contributed by atoms with E-state index in [9.17, 15) is 4.79 Å². The Morgan fingerprint density at radius 1 is 1.10 bits per heavy atom. The van der Waals surface area contributed by atoms with Gasteiger partial charge in [-0.1, -0.05) is 0 Å². The van der Waals surface area contributed by atoms with E-state index in [2.05, 4.69) is 5.32 Å². The van der Waals surface area contributed by atoms with E-state index >= 15 is 0 Å². The molecule has 0 atom stereocenters. The zero-order valence-electron chi connectivity index (χ0n) is 10.8. The van der Waals surface area contributed by atoms with Crippen LogP contribution in [0.2, 0.25) is 0 Å². The van der Waals surface area contributed by atoms with E-state index in [4.69, 9.17) is 21.4 Å². The number of aromatic carboxylic acids is 1. The average molecular weight is 278 g/mol. The second kappa shape index (κ2) is 5.64. The summed E-state index contributed by atoms with van der Waals surface area (Å²) in [6, 6.07) is 12.9. The smallest absolute Gasteiger partial charge is 0.335 e. The predicted octanol–water partition coefficient (Wildman–Crippen LogP) is 2.45. The van der Waals surface area contributed by atoms with Crippen LogP contribution in [0, 0.1) is 22.7 Å². The molecule has 0 amide bonds. The first-order valence-corrected chi connectivity index (χ1v) is 5.89. The molecule has 0 aliphatic carbocycles. The Morgan fingerprint density at radius 3 is 2.38 bits per heavy atom. The van der Waals surface area contributed by atoms with Crippen LogP contribution in [0.3, 0.4) is 0 Å². The summed E-state index contributed by atoms with van der Waals surface area (Å²) in [7, 11) is 0. The second-order valence-corrected chi connectivity index (χ2v) is 4.22. The van der Waals surface area contributed by atoms with Gasteiger partial charge >= 0.3 is 5.97 Å². The fraction of sp³-hybridized carbons (Fsp3) is 0. The van der Waals surface area contributed by atoms with E-state index in [-0.39, 0.29) is 22.4 Å². The van der Waals surface area contributed by atoms with Crippen molar-refractivity contribution in [2.45, 2.75) is 0 Å². The zero-order valence-corrected chi connectivity index (χ0v) is 10.8. The first-order valence-electron chi connectivity index (χ1n) is 5.89. The van der Waals surface area contributed by atoms with Gasteiger partial charge in [0.1, 0.15) is 12.1 Å². The topological polar surface area (TPSA) is 123 Å². The number of benzene rings is 2. The van der Waals surface area contributed by atoms with Crippen LogP contribution in [-0.4, -0.2) is 11.1 Å². The van der Waals surface area contributed by atoms with Crippen molar-refractivity contribution >= 4 is 23.0 Å². The fourth-order valence-corrected chi connectivity index (χ4v) is 1.78. The second-order valence-electron chi connectivity index (χ2n) is 4.22. The van der Waals surface area contributed by atoms with Gasteiger partial charge in [0.2, 0.25) is 0 Å². The number of carbonyl (C=O) groups is 1. The third kappa shape index (κ3) is 2.91. The lowest BCUT2D eigenvalue weighted by atomic mass is 10.1. The Labute approximate surface area is 120 Å². The molecule has 0 saturated heterocycles. The zero-order chi connectivity index (χ0) is 15.4. The Bertz CT molecular complexity index is 800. The number of nitrogens with one attached hydrogen (secondary N) is 1. The average Bonchev–Trinajstić information content (AvgIpc) is 2.48. The quantitative estimate of drug-likeness (QED) is 0.741. The number of nitriles is 2. The summed E-state index contributed by atoms with van der Waals surface area (Å²) in [4.78, 5) is 10.8. The monoisotopic (exact) mass is 278 g/mol. The number of anilines is 3. The first-order chi connectivity index (χ1) is 10.0. The van der Waals surface area contributed by atoms with Gasteiger partial charge in [0.05, 0.1) is 28.1 Å². The summed E-state index contributed by atoms with van der Waals surface area (Å²) in [6.07, 6.45) is 0. The van der Waals surface area contributed by atoms with E-state index in [0.29, 0.717) is 11.4 Å². The summed E-state index contributed by atoms with van der Waals surface area (Å²) >= 11 is 0. The molecule has 6 heteroatoms. The number of hydrogen-bond acceptors (Lipinski definition) is 5. The Kier molecular flexibility index (Phi) is 3.74. The highest BCUT2D eigenvalue weighted by Crippen LogP contribution is 2.25. The van der Waals surface area contributed by atoms with Crippen LogP contribution in [0.1, 0.15) is 21.5 Å². The molecule has 0 unspecified atom stereocenters. The number of nitrogen functional groups attached to an aromatic ring is 1. The van der Waals surface area contributed by atoms with E-state index < -0.39 is 5.97 Å². The minimum atomic E-state index is -1.06. The maximum absolute atomic E-state index is 10.8. The van der Waals surface area contributed by atoms with Gasteiger partial charge in [-0.05, 0) is 36.4 Å². The number of rotatable bonds is 3. The molecule has 2 aromatic carbocycles. The maximum Gasteiger partial charge on any atom is 0.335 e. The highest BCUT2D eigenvalue weighted by Gasteiger charge is 2.08. The third-order valence-corrected chi connectivity index (χ3v) is 2.84. The van der Waals surface area contributed by atoms with Crippen molar-refractivity contribution in [3.63, 3.8) is 0 Å². The molecule has 0 aliphatic rings. The normalized spacial score (nSPS) is 9.43. The molecule has 0 saturated carbocycles. The summed E-state index contributed by atoms with van der Waals surface area (Å²) in [5.74, 6) is -1.06. The summed E-state index contributed by atoms with van der Waals surface area (Å²) in [6.45, 7) is 0. The lowest BCUT2D eigenvalue weighted by molar-refractivity contribution is 0.0697. The van der Waals surface area contributed by atoms with E-state index in [0.717, 1.165) is 0 Å². The van der Waals surface area contributed by atoms with Gasteiger partial charge in [0.25, 0.3) is 0 Å². The van der Waals surface area contributed by atoms with Crippen molar-refractivity contribution in [1.82, 2.24) is 0 Å². The van der Waals surface area contributed by atoms with E-state index in [1.165, 1.54) is 24.3 Å². The molecule has 2 rings (SSSR count). The van der Waals surface area contributed by atoms with Gasteiger partial charge in [0.15, 0.2) is 0 Å². The van der Waals surface area contributed by atoms with Gasteiger partial charge in [-0.25, -0.2) is 4.79 Å². The van der Waals surface area contributed by atoms with Crippen LogP contribution in [0.5, 0.6) is 0 Å². The largest absolute Gasteiger partial charge is 0.478 e. The molecule has 0 fully saturated rings. The standard InChI is InChI=1S/C15H10N4O2/c16-7-10-1-3-12(5-11(10)8-17)19-14-4-2-9(15(20)21)6-13(14)18/h1-6,19H,18H2,(H,20,21). The van der Waals surface area contributed by atoms with Gasteiger partial charge in [-0.2, -0.15) is 10.5 Å². The highest BCUT2D eigenvalue weighted by atomic mass is 16.4. The molecule has 6 nitrogen and oxygen atoms in total. The van der Waals surface area contributed by atoms with Crippen molar-refractivity contribution in [2.75, 3.05) is 11.1 Å². The fourth-order valence-electron chi connectivity index (χ4n) is 1.78. The Balaban J connectivity index is 2.33. The lowest BCUT2D eigenvalue weighted by Crippen LogP contribution is -2.01. The summed E-state index contributed by atoms with van der Waals surface area (Å²) in [5, 5.41) is 29.7. The molecule has 0 aromatic heterocycles. The number of carboxylic acids is 1. The minimum absolute atomic E-state index is 0.0931. The number of nitrogens with two attached hydrogens (primary N) is 1. The third-order valence-electron chi connectivity index (χ3n) is 2.84. The van der Waals surface area contributed by atoms with Crippen LogP contribution in [-0.2, 0) is 0 Å². The number of hydrogen-bond donors (Lipinski definition) is 3. The van der Waals surface area contributed by atoms with Gasteiger partial charge in [-0.3, -0.25) is 0 Å². The highest BCUT2D eigenvalue weighted by molar-refractivity contribution is 5.90. The SMILES string of the molecule is N#Cc1ccc(Nc2ccc(C(=O)O)cc2N)cc1C#N. The molecule has 21 heavy (non-hydrogen) atoms. The van der Waals surface area contributed by atoms with Crippen LogP contribution in [0.25, 0.3) is 0 Å². The number of carboxylic acid groups (broad SMARTS) is 1. The van der Waals surface area contributed by atoms with Crippen molar-refractivity contribution in [3.05, 3.63) is 53.1 Å². The van der Waals surface area contributed by atoms with E-state index in [1.807, 2.05) is 12.1 Å². The van der Waals surface area contributed by atoms with Gasteiger partial charge in [0, 0.05) is 5.69 Å². The van der Waals surface area contributed by atoms with Gasteiger partial charge in [-0.15, -0.1) is 0 Å². The van der Waals surface area contributed by atoms with Gasteiger partial charge < -0.3 is 16.2 Å². The van der Waals surface area contributed by atoms with E-state index in [1.54, 1.807) is 12.1 Å². The molecule has 4 N–H and O–H groups in total. The molecular formula is C15H10N4O2. The predicted molar refractivity (Wildman–Crippen MR) is 77.0 cm³/mol. The molecule has 102 valence electrons. The van der Waals surface area contributed by atoms with Crippen LogP contribution in [0.15, 0.2) is 36.4 Å². The van der Waals surface area contributed by atoms with Crippen LogP contribution >= 0.6 is 0 Å². The van der Waals surface area contributed by atoms with Crippen LogP contribution < -0.4 is 11.1 Å². The molecule has 0 spiro atoms. The minimum Gasteiger partial charge on any atom is -0.478 e. The molecule has 0 aliphatic heterocycles. The Hall–Kier alpha value is -3.51. The van der Waals surface area contributed by atoms with Crippen molar-refractivity contribution < 1.29 is 9.90 Å². The molecular weight excluding hydrogens is 268 g/mol. The molecule has 0 bridgehead atoms. The van der Waals surface area contributed by atoms with Crippen LogP contribution in [0.4, 0.5) is 17.1 Å². The lowest BCUT2D eigenvalue weighted by Gasteiger charge is -2.10.